The minimum Gasteiger partial charge on any atom is -0.293 e. The lowest BCUT2D eigenvalue weighted by Gasteiger charge is -2.03. The van der Waals surface area contributed by atoms with Crippen LogP contribution in [0.4, 0.5) is 4.39 Å². The lowest BCUT2D eigenvalue weighted by atomic mass is 10.1. The van der Waals surface area contributed by atoms with E-state index in [4.69, 9.17) is 0 Å². The van der Waals surface area contributed by atoms with Crippen LogP contribution in [0.5, 0.6) is 0 Å². The predicted octanol–water partition coefficient (Wildman–Crippen LogP) is 3.20. The van der Waals surface area contributed by atoms with Gasteiger partial charge in [-0.2, -0.15) is 0 Å². The third-order valence-electron chi connectivity index (χ3n) is 2.77. The fourth-order valence-corrected chi connectivity index (χ4v) is 3.10. The SMILES string of the molecule is CS(=O)(=O)c1ccc(SCC(=O)c2cccc(F)c2)cc1. The van der Waals surface area contributed by atoms with Gasteiger partial charge in [-0.05, 0) is 36.4 Å². The largest absolute Gasteiger partial charge is 0.293 e. The molecule has 0 atom stereocenters. The maximum Gasteiger partial charge on any atom is 0.175 e. The second-order valence-electron chi connectivity index (χ2n) is 4.47. The third-order valence-corrected chi connectivity index (χ3v) is 4.91. The zero-order chi connectivity index (χ0) is 15.5. The summed E-state index contributed by atoms with van der Waals surface area (Å²) in [6.45, 7) is 0. The molecule has 2 aromatic rings. The number of hydrogen-bond donors (Lipinski definition) is 0. The number of halogens is 1. The van der Waals surface area contributed by atoms with Crippen molar-refractivity contribution in [2.45, 2.75) is 9.79 Å². The molecule has 0 fully saturated rings. The number of sulfone groups is 1. The van der Waals surface area contributed by atoms with E-state index in [0.29, 0.717) is 5.56 Å². The van der Waals surface area contributed by atoms with Crippen molar-refractivity contribution in [2.24, 2.45) is 0 Å². The second-order valence-corrected chi connectivity index (χ2v) is 7.53. The summed E-state index contributed by atoms with van der Waals surface area (Å²) in [5, 5.41) is 0. The van der Waals surface area contributed by atoms with Gasteiger partial charge in [0.05, 0.1) is 10.6 Å². The van der Waals surface area contributed by atoms with Gasteiger partial charge in [0, 0.05) is 16.7 Å². The van der Waals surface area contributed by atoms with Crippen LogP contribution < -0.4 is 0 Å². The minimum atomic E-state index is -3.22. The van der Waals surface area contributed by atoms with E-state index in [-0.39, 0.29) is 16.4 Å². The highest BCUT2D eigenvalue weighted by molar-refractivity contribution is 8.00. The molecule has 0 saturated carbocycles. The lowest BCUT2D eigenvalue weighted by molar-refractivity contribution is 0.102. The van der Waals surface area contributed by atoms with E-state index >= 15 is 0 Å². The van der Waals surface area contributed by atoms with Gasteiger partial charge in [-0.15, -0.1) is 11.8 Å². The molecule has 0 heterocycles. The van der Waals surface area contributed by atoms with Gasteiger partial charge in [0.15, 0.2) is 15.6 Å². The zero-order valence-electron chi connectivity index (χ0n) is 11.2. The highest BCUT2D eigenvalue weighted by Crippen LogP contribution is 2.21. The first-order valence-corrected chi connectivity index (χ1v) is 8.95. The molecule has 21 heavy (non-hydrogen) atoms. The van der Waals surface area contributed by atoms with Crippen LogP contribution in [-0.4, -0.2) is 26.2 Å². The number of benzene rings is 2. The molecule has 0 aliphatic rings. The number of thioether (sulfide) groups is 1. The molecule has 0 spiro atoms. The van der Waals surface area contributed by atoms with Crippen LogP contribution in [0, 0.1) is 5.82 Å². The van der Waals surface area contributed by atoms with Gasteiger partial charge in [-0.25, -0.2) is 12.8 Å². The summed E-state index contributed by atoms with van der Waals surface area (Å²) in [5.74, 6) is -0.447. The quantitative estimate of drug-likeness (QED) is 0.626. The molecule has 2 rings (SSSR count). The van der Waals surface area contributed by atoms with E-state index in [2.05, 4.69) is 0 Å². The molecular formula is C15H13FO3S2. The van der Waals surface area contributed by atoms with E-state index in [9.17, 15) is 17.6 Å². The molecule has 0 unspecified atom stereocenters. The molecule has 110 valence electrons. The smallest absolute Gasteiger partial charge is 0.175 e. The van der Waals surface area contributed by atoms with Crippen LogP contribution in [-0.2, 0) is 9.84 Å². The summed E-state index contributed by atoms with van der Waals surface area (Å²) in [7, 11) is -3.22. The number of Topliss-reactive ketones (excluding diaryl/α,β-unsaturated/α-hetero) is 1. The van der Waals surface area contributed by atoms with Gasteiger partial charge in [-0.3, -0.25) is 4.79 Å². The Morgan fingerprint density at radius 3 is 2.38 bits per heavy atom. The summed E-state index contributed by atoms with van der Waals surface area (Å²) < 4.78 is 35.7. The van der Waals surface area contributed by atoms with Crippen molar-refractivity contribution >= 4 is 27.4 Å². The predicted molar refractivity (Wildman–Crippen MR) is 81.0 cm³/mol. The van der Waals surface area contributed by atoms with E-state index < -0.39 is 15.7 Å². The molecule has 0 amide bonds. The number of carbonyl (C=O) groups is 1. The van der Waals surface area contributed by atoms with Crippen molar-refractivity contribution in [3.8, 4) is 0 Å². The molecule has 0 aromatic heterocycles. The average Bonchev–Trinajstić information content (AvgIpc) is 2.44. The van der Waals surface area contributed by atoms with Gasteiger partial charge in [-0.1, -0.05) is 12.1 Å². The molecular weight excluding hydrogens is 311 g/mol. The number of hydrogen-bond acceptors (Lipinski definition) is 4. The van der Waals surface area contributed by atoms with Crippen molar-refractivity contribution in [1.29, 1.82) is 0 Å². The Labute approximate surface area is 127 Å². The van der Waals surface area contributed by atoms with Gasteiger partial charge in [0.1, 0.15) is 5.82 Å². The van der Waals surface area contributed by atoms with Crippen molar-refractivity contribution in [2.75, 3.05) is 12.0 Å². The first-order chi connectivity index (χ1) is 9.86. The topological polar surface area (TPSA) is 51.2 Å². The Morgan fingerprint density at radius 1 is 1.14 bits per heavy atom. The van der Waals surface area contributed by atoms with E-state index in [1.165, 1.54) is 42.1 Å². The third kappa shape index (κ3) is 4.41. The van der Waals surface area contributed by atoms with E-state index in [0.717, 1.165) is 11.2 Å². The highest BCUT2D eigenvalue weighted by atomic mass is 32.2. The molecule has 0 aliphatic carbocycles. The van der Waals surface area contributed by atoms with Crippen molar-refractivity contribution in [3.05, 3.63) is 59.9 Å². The van der Waals surface area contributed by atoms with Gasteiger partial charge >= 0.3 is 0 Å². The molecule has 0 saturated heterocycles. The van der Waals surface area contributed by atoms with E-state index in [1.807, 2.05) is 0 Å². The van der Waals surface area contributed by atoms with Crippen LogP contribution >= 0.6 is 11.8 Å². The summed E-state index contributed by atoms with van der Waals surface area (Å²) in [6, 6.07) is 11.9. The van der Waals surface area contributed by atoms with Gasteiger partial charge < -0.3 is 0 Å². The van der Waals surface area contributed by atoms with Crippen molar-refractivity contribution in [1.82, 2.24) is 0 Å². The lowest BCUT2D eigenvalue weighted by Crippen LogP contribution is -2.02. The van der Waals surface area contributed by atoms with Crippen molar-refractivity contribution < 1.29 is 17.6 Å². The molecule has 0 radical (unpaired) electrons. The fraction of sp³-hybridized carbons (Fsp3) is 0.133. The standard InChI is InChI=1S/C15H13FO3S2/c1-21(18,19)14-7-5-13(6-8-14)20-10-15(17)11-3-2-4-12(16)9-11/h2-9H,10H2,1H3. The second kappa shape index (κ2) is 6.41. The molecule has 0 N–H and O–H groups in total. The van der Waals surface area contributed by atoms with Crippen LogP contribution in [0.15, 0.2) is 58.3 Å². The summed E-state index contributed by atoms with van der Waals surface area (Å²) in [6.07, 6.45) is 1.14. The van der Waals surface area contributed by atoms with Crippen LogP contribution in [0.3, 0.4) is 0 Å². The normalized spacial score (nSPS) is 11.3. The Morgan fingerprint density at radius 2 is 1.81 bits per heavy atom. The molecule has 3 nitrogen and oxygen atoms in total. The summed E-state index contributed by atoms with van der Waals surface area (Å²) in [4.78, 5) is 12.9. The van der Waals surface area contributed by atoms with Crippen molar-refractivity contribution in [3.63, 3.8) is 0 Å². The molecule has 0 bridgehead atoms. The molecule has 2 aromatic carbocycles. The highest BCUT2D eigenvalue weighted by Gasteiger charge is 2.09. The molecule has 0 aliphatic heterocycles. The van der Waals surface area contributed by atoms with Gasteiger partial charge in [0.2, 0.25) is 0 Å². The Kier molecular flexibility index (Phi) is 4.80. The molecule has 6 heteroatoms. The summed E-state index contributed by atoms with van der Waals surface area (Å²) >= 11 is 1.28. The van der Waals surface area contributed by atoms with Crippen LogP contribution in [0.25, 0.3) is 0 Å². The maximum atomic E-state index is 13.0. The Hall–Kier alpha value is -1.66. The van der Waals surface area contributed by atoms with Gasteiger partial charge in [0.25, 0.3) is 0 Å². The number of rotatable bonds is 5. The Balaban J connectivity index is 2.02. The van der Waals surface area contributed by atoms with Crippen LogP contribution in [0.1, 0.15) is 10.4 Å². The minimum absolute atomic E-state index is 0.168. The summed E-state index contributed by atoms with van der Waals surface area (Å²) in [5.41, 5.74) is 0.329. The first-order valence-electron chi connectivity index (χ1n) is 6.08. The number of carbonyl (C=O) groups excluding carboxylic acids is 1. The maximum absolute atomic E-state index is 13.0. The monoisotopic (exact) mass is 324 g/mol. The fourth-order valence-electron chi connectivity index (χ4n) is 1.68. The number of ketones is 1. The first kappa shape index (κ1) is 15.7. The van der Waals surface area contributed by atoms with Crippen LogP contribution in [0.2, 0.25) is 0 Å². The Bertz CT molecular complexity index is 753. The van der Waals surface area contributed by atoms with E-state index in [1.54, 1.807) is 18.2 Å². The average molecular weight is 324 g/mol. The zero-order valence-corrected chi connectivity index (χ0v) is 12.9.